The standard InChI is InChI=1S/C29H23N3/c1-20-11-10-17-24-23-16-8-9-18-27(23)32(28(20)24)29-30-25(21-12-4-2-5-13-21)19-26(31-29)22-14-6-3-7-15-22/h2,4-6,8-19H,3,7H2,1H3. The lowest BCUT2D eigenvalue weighted by molar-refractivity contribution is 0.975. The first kappa shape index (κ1) is 18.8. The van der Waals surface area contributed by atoms with Crippen molar-refractivity contribution >= 4 is 27.4 Å². The topological polar surface area (TPSA) is 30.7 Å². The van der Waals surface area contributed by atoms with E-state index in [0.717, 1.165) is 46.4 Å². The smallest absolute Gasteiger partial charge is 0.235 e. The minimum Gasteiger partial charge on any atom is -0.278 e. The van der Waals surface area contributed by atoms with Gasteiger partial charge in [0.2, 0.25) is 5.95 Å². The van der Waals surface area contributed by atoms with Crippen molar-refractivity contribution in [2.75, 3.05) is 0 Å². The molecule has 0 saturated carbocycles. The molecule has 0 fully saturated rings. The van der Waals surface area contributed by atoms with Gasteiger partial charge in [-0.3, -0.25) is 4.57 Å². The van der Waals surface area contributed by atoms with Gasteiger partial charge in [-0.2, -0.15) is 0 Å². The van der Waals surface area contributed by atoms with Crippen LogP contribution in [-0.4, -0.2) is 14.5 Å². The van der Waals surface area contributed by atoms with Crippen molar-refractivity contribution in [3.8, 4) is 17.2 Å². The number of aromatic nitrogens is 3. The summed E-state index contributed by atoms with van der Waals surface area (Å²) in [4.78, 5) is 10.2. The molecule has 0 aliphatic heterocycles. The maximum Gasteiger partial charge on any atom is 0.235 e. The van der Waals surface area contributed by atoms with Crippen LogP contribution >= 0.6 is 0 Å². The van der Waals surface area contributed by atoms with E-state index < -0.39 is 0 Å². The molecule has 0 amide bonds. The number of aryl methyl sites for hydroxylation is 1. The molecule has 0 radical (unpaired) electrons. The van der Waals surface area contributed by atoms with E-state index in [4.69, 9.17) is 9.97 Å². The van der Waals surface area contributed by atoms with Gasteiger partial charge in [-0.25, -0.2) is 9.97 Å². The molecule has 0 unspecified atom stereocenters. The van der Waals surface area contributed by atoms with E-state index in [1.54, 1.807) is 0 Å². The molecule has 0 saturated heterocycles. The fourth-order valence-electron chi connectivity index (χ4n) is 4.64. The Morgan fingerprint density at radius 3 is 2.38 bits per heavy atom. The van der Waals surface area contributed by atoms with E-state index in [2.05, 4.69) is 103 Å². The molecule has 0 spiro atoms. The first-order valence-electron chi connectivity index (χ1n) is 11.1. The van der Waals surface area contributed by atoms with Gasteiger partial charge in [0.15, 0.2) is 0 Å². The molecular formula is C29H23N3. The van der Waals surface area contributed by atoms with Crippen molar-refractivity contribution in [2.45, 2.75) is 19.8 Å². The third kappa shape index (κ3) is 3.05. The number of benzene rings is 3. The van der Waals surface area contributed by atoms with E-state index >= 15 is 0 Å². The van der Waals surface area contributed by atoms with Crippen molar-refractivity contribution in [2.24, 2.45) is 0 Å². The fraction of sp³-hybridized carbons (Fsp3) is 0.103. The Bertz CT molecular complexity index is 1520. The molecule has 0 N–H and O–H groups in total. The minimum absolute atomic E-state index is 0.710. The normalized spacial score (nSPS) is 13.6. The van der Waals surface area contributed by atoms with Gasteiger partial charge in [0.25, 0.3) is 0 Å². The lowest BCUT2D eigenvalue weighted by atomic mass is 10.0. The molecular weight excluding hydrogens is 390 g/mol. The molecule has 2 aromatic heterocycles. The average molecular weight is 414 g/mol. The highest BCUT2D eigenvalue weighted by Crippen LogP contribution is 2.34. The summed E-state index contributed by atoms with van der Waals surface area (Å²) in [6, 6.07) is 27.5. The third-order valence-corrected chi connectivity index (χ3v) is 6.17. The Morgan fingerprint density at radius 2 is 1.53 bits per heavy atom. The van der Waals surface area contributed by atoms with E-state index in [1.165, 1.54) is 16.3 Å². The summed E-state index contributed by atoms with van der Waals surface area (Å²) in [5.41, 5.74) is 7.66. The third-order valence-electron chi connectivity index (χ3n) is 6.17. The molecule has 3 aromatic carbocycles. The number of hydrogen-bond acceptors (Lipinski definition) is 2. The maximum atomic E-state index is 5.10. The van der Waals surface area contributed by atoms with Gasteiger partial charge in [-0.1, -0.05) is 85.0 Å². The Balaban J connectivity index is 1.70. The number of hydrogen-bond donors (Lipinski definition) is 0. The molecule has 5 aromatic rings. The van der Waals surface area contributed by atoms with Crippen molar-refractivity contribution in [1.29, 1.82) is 0 Å². The van der Waals surface area contributed by atoms with Crippen LogP contribution in [-0.2, 0) is 0 Å². The van der Waals surface area contributed by atoms with Gasteiger partial charge in [0.05, 0.1) is 22.4 Å². The van der Waals surface area contributed by atoms with Crippen molar-refractivity contribution in [3.05, 3.63) is 108 Å². The number of para-hydroxylation sites is 2. The predicted octanol–water partition coefficient (Wildman–Crippen LogP) is 7.28. The first-order valence-corrected chi connectivity index (χ1v) is 11.1. The zero-order chi connectivity index (χ0) is 21.5. The van der Waals surface area contributed by atoms with Gasteiger partial charge >= 0.3 is 0 Å². The van der Waals surface area contributed by atoms with Crippen molar-refractivity contribution in [3.63, 3.8) is 0 Å². The average Bonchev–Trinajstić information content (AvgIpc) is 3.21. The Kier molecular flexibility index (Phi) is 4.46. The maximum absolute atomic E-state index is 5.10. The van der Waals surface area contributed by atoms with Gasteiger partial charge in [0, 0.05) is 16.3 Å². The van der Waals surface area contributed by atoms with E-state index in [0.29, 0.717) is 5.95 Å². The van der Waals surface area contributed by atoms with E-state index in [1.807, 2.05) is 6.07 Å². The summed E-state index contributed by atoms with van der Waals surface area (Å²) in [5.74, 6) is 0.710. The largest absolute Gasteiger partial charge is 0.278 e. The summed E-state index contributed by atoms with van der Waals surface area (Å²) < 4.78 is 2.23. The van der Waals surface area contributed by atoms with Crippen LogP contribution in [0.15, 0.2) is 97.1 Å². The van der Waals surface area contributed by atoms with Crippen LogP contribution in [0.1, 0.15) is 24.1 Å². The molecule has 2 heterocycles. The second-order valence-corrected chi connectivity index (χ2v) is 8.27. The van der Waals surface area contributed by atoms with E-state index in [9.17, 15) is 0 Å². The first-order chi connectivity index (χ1) is 15.8. The summed E-state index contributed by atoms with van der Waals surface area (Å²) >= 11 is 0. The summed E-state index contributed by atoms with van der Waals surface area (Å²) in [6.45, 7) is 2.16. The predicted molar refractivity (Wildman–Crippen MR) is 133 cm³/mol. The summed E-state index contributed by atoms with van der Waals surface area (Å²) in [5, 5.41) is 2.45. The second-order valence-electron chi connectivity index (χ2n) is 8.27. The molecule has 0 bridgehead atoms. The molecule has 3 nitrogen and oxygen atoms in total. The quantitative estimate of drug-likeness (QED) is 0.311. The van der Waals surface area contributed by atoms with Gasteiger partial charge < -0.3 is 0 Å². The van der Waals surface area contributed by atoms with E-state index in [-0.39, 0.29) is 0 Å². The zero-order valence-electron chi connectivity index (χ0n) is 18.0. The van der Waals surface area contributed by atoms with Gasteiger partial charge in [-0.05, 0) is 43.0 Å². The van der Waals surface area contributed by atoms with Crippen molar-refractivity contribution in [1.82, 2.24) is 14.5 Å². The fourth-order valence-corrected chi connectivity index (χ4v) is 4.64. The molecule has 1 aliphatic carbocycles. The monoisotopic (exact) mass is 413 g/mol. The van der Waals surface area contributed by atoms with Crippen molar-refractivity contribution < 1.29 is 0 Å². The van der Waals surface area contributed by atoms with Crippen LogP contribution in [0.2, 0.25) is 0 Å². The second kappa shape index (κ2) is 7.61. The van der Waals surface area contributed by atoms with Crippen LogP contribution < -0.4 is 0 Å². The zero-order valence-corrected chi connectivity index (χ0v) is 18.0. The van der Waals surface area contributed by atoms with Gasteiger partial charge in [0.1, 0.15) is 0 Å². The number of nitrogens with zero attached hydrogens (tertiary/aromatic N) is 3. The van der Waals surface area contributed by atoms with Crippen LogP contribution in [0, 0.1) is 6.92 Å². The lowest BCUT2D eigenvalue weighted by Crippen LogP contribution is -2.06. The Morgan fingerprint density at radius 1 is 0.750 bits per heavy atom. The van der Waals surface area contributed by atoms with Crippen LogP contribution in [0.25, 0.3) is 44.6 Å². The summed E-state index contributed by atoms with van der Waals surface area (Å²) in [6.07, 6.45) is 8.81. The number of fused-ring (bicyclic) bond motifs is 3. The van der Waals surface area contributed by atoms with Crippen LogP contribution in [0.4, 0.5) is 0 Å². The Hall–Kier alpha value is -3.98. The SMILES string of the molecule is Cc1cccc2c3ccccc3n(-c3nc(C4=CCCC=C4)cc(-c4ccccc4)n3)c12. The molecule has 32 heavy (non-hydrogen) atoms. The Labute approximate surface area is 187 Å². The molecule has 3 heteroatoms. The highest BCUT2D eigenvalue weighted by Gasteiger charge is 2.18. The number of allylic oxidation sites excluding steroid dienone is 4. The highest BCUT2D eigenvalue weighted by molar-refractivity contribution is 6.10. The highest BCUT2D eigenvalue weighted by atomic mass is 15.2. The summed E-state index contributed by atoms with van der Waals surface area (Å²) in [7, 11) is 0. The van der Waals surface area contributed by atoms with Crippen LogP contribution in [0.5, 0.6) is 0 Å². The molecule has 0 atom stereocenters. The minimum atomic E-state index is 0.710. The molecule has 1 aliphatic rings. The lowest BCUT2D eigenvalue weighted by Gasteiger charge is -2.13. The number of rotatable bonds is 3. The van der Waals surface area contributed by atoms with Gasteiger partial charge in [-0.15, -0.1) is 0 Å². The molecule has 6 rings (SSSR count). The van der Waals surface area contributed by atoms with Crippen LogP contribution in [0.3, 0.4) is 0 Å². The molecule has 154 valence electrons.